The number of halogens is 1. The van der Waals surface area contributed by atoms with E-state index in [-0.39, 0.29) is 15.7 Å². The second-order valence-corrected chi connectivity index (χ2v) is 6.27. The molecular formula is C14H13BrN2. The van der Waals surface area contributed by atoms with Crippen molar-refractivity contribution in [2.24, 2.45) is 10.8 Å². The van der Waals surface area contributed by atoms with Crippen LogP contribution in [0.2, 0.25) is 0 Å². The molecule has 3 heteroatoms. The molecule has 1 fully saturated rings. The number of hydrogen-bond donors (Lipinski definition) is 0. The molecule has 3 aliphatic rings. The molecule has 86 valence electrons. The van der Waals surface area contributed by atoms with Crippen molar-refractivity contribution in [2.45, 2.75) is 36.9 Å². The van der Waals surface area contributed by atoms with E-state index in [1.54, 1.807) is 0 Å². The van der Waals surface area contributed by atoms with Crippen LogP contribution in [0.5, 0.6) is 0 Å². The number of allylic oxidation sites excluding steroid dienone is 4. The molecule has 3 rings (SSSR count). The maximum absolute atomic E-state index is 9.38. The molecule has 0 amide bonds. The Labute approximate surface area is 110 Å². The van der Waals surface area contributed by atoms with Crippen molar-refractivity contribution in [3.8, 4) is 12.1 Å². The van der Waals surface area contributed by atoms with Crippen LogP contribution < -0.4 is 0 Å². The van der Waals surface area contributed by atoms with Crippen molar-refractivity contribution in [1.82, 2.24) is 0 Å². The van der Waals surface area contributed by atoms with Gasteiger partial charge in [0.2, 0.25) is 0 Å². The topological polar surface area (TPSA) is 47.6 Å². The highest BCUT2D eigenvalue weighted by atomic mass is 79.9. The molecule has 17 heavy (non-hydrogen) atoms. The fraction of sp³-hybridized carbons (Fsp3) is 0.571. The predicted octanol–water partition coefficient (Wildman–Crippen LogP) is 3.61. The van der Waals surface area contributed by atoms with E-state index in [1.807, 2.05) is 0 Å². The van der Waals surface area contributed by atoms with E-state index in [2.05, 4.69) is 40.2 Å². The smallest absolute Gasteiger partial charge is 0.0950 e. The summed E-state index contributed by atoms with van der Waals surface area (Å²) < 4.78 is 0. The van der Waals surface area contributed by atoms with Crippen LogP contribution in [0.25, 0.3) is 0 Å². The third kappa shape index (κ3) is 1.04. The van der Waals surface area contributed by atoms with Crippen molar-refractivity contribution >= 4 is 15.9 Å². The second kappa shape index (κ2) is 3.47. The summed E-state index contributed by atoms with van der Waals surface area (Å²) in [5.41, 5.74) is 1.62. The molecule has 0 saturated heterocycles. The van der Waals surface area contributed by atoms with Gasteiger partial charge in [-0.05, 0) is 19.3 Å². The summed E-state index contributed by atoms with van der Waals surface area (Å²) in [5.74, 6) is 0. The van der Waals surface area contributed by atoms with Gasteiger partial charge in [-0.15, -0.1) is 0 Å². The highest BCUT2D eigenvalue weighted by molar-refractivity contribution is 9.09. The molecule has 0 N–H and O–H groups in total. The fourth-order valence-electron chi connectivity index (χ4n) is 4.20. The monoisotopic (exact) mass is 288 g/mol. The summed E-state index contributed by atoms with van der Waals surface area (Å²) >= 11 is 3.72. The van der Waals surface area contributed by atoms with Crippen LogP contribution in [0.1, 0.15) is 32.1 Å². The molecule has 0 aromatic rings. The summed E-state index contributed by atoms with van der Waals surface area (Å²) in [6.45, 7) is 0. The van der Waals surface area contributed by atoms with Gasteiger partial charge in [-0.2, -0.15) is 10.5 Å². The lowest BCUT2D eigenvalue weighted by Gasteiger charge is -2.48. The summed E-state index contributed by atoms with van der Waals surface area (Å²) in [6.07, 6.45) is 9.42. The maximum Gasteiger partial charge on any atom is 0.0950 e. The van der Waals surface area contributed by atoms with Gasteiger partial charge in [-0.25, -0.2) is 0 Å². The number of nitriles is 2. The van der Waals surface area contributed by atoms with Crippen LogP contribution in [0.4, 0.5) is 0 Å². The highest BCUT2D eigenvalue weighted by Crippen LogP contribution is 2.70. The molecule has 2 nitrogen and oxygen atoms in total. The zero-order valence-corrected chi connectivity index (χ0v) is 11.1. The Bertz CT molecular complexity index is 519. The van der Waals surface area contributed by atoms with Gasteiger partial charge in [0.15, 0.2) is 0 Å². The minimum atomic E-state index is -0.120. The summed E-state index contributed by atoms with van der Waals surface area (Å²) in [5, 5.41) is 18.8. The third-order valence-electron chi connectivity index (χ3n) is 4.95. The van der Waals surface area contributed by atoms with Crippen LogP contribution in [0.3, 0.4) is 0 Å². The first-order valence-corrected chi connectivity index (χ1v) is 7.00. The molecule has 0 spiro atoms. The van der Waals surface area contributed by atoms with Crippen LogP contribution >= 0.6 is 15.9 Å². The Morgan fingerprint density at radius 3 is 2.59 bits per heavy atom. The van der Waals surface area contributed by atoms with Gasteiger partial charge >= 0.3 is 0 Å². The van der Waals surface area contributed by atoms with E-state index >= 15 is 0 Å². The number of hydrogen-bond acceptors (Lipinski definition) is 2. The van der Waals surface area contributed by atoms with Gasteiger partial charge in [0.1, 0.15) is 0 Å². The molecular weight excluding hydrogens is 276 g/mol. The fourth-order valence-corrected chi connectivity index (χ4v) is 5.38. The quantitative estimate of drug-likeness (QED) is 0.639. The first-order valence-electron chi connectivity index (χ1n) is 6.08. The Hall–Kier alpha value is -1.06. The van der Waals surface area contributed by atoms with E-state index < -0.39 is 0 Å². The molecule has 0 bridgehead atoms. The number of alkyl halides is 1. The molecule has 0 heterocycles. The van der Waals surface area contributed by atoms with Crippen molar-refractivity contribution in [3.05, 3.63) is 23.3 Å². The number of rotatable bonds is 0. The van der Waals surface area contributed by atoms with Gasteiger partial charge in [-0.1, -0.05) is 40.9 Å². The highest BCUT2D eigenvalue weighted by Gasteiger charge is 2.65. The average Bonchev–Trinajstić information content (AvgIpc) is 2.82. The molecule has 0 aromatic heterocycles. The summed E-state index contributed by atoms with van der Waals surface area (Å²) in [4.78, 5) is 0.151. The van der Waals surface area contributed by atoms with Crippen molar-refractivity contribution in [1.29, 1.82) is 10.5 Å². The van der Waals surface area contributed by atoms with Crippen LogP contribution in [0.15, 0.2) is 23.3 Å². The van der Waals surface area contributed by atoms with E-state index in [0.717, 1.165) is 36.8 Å². The standard InChI is InChI=1S/C14H13BrN2/c15-12-7-11(9-17)13-4-1-2-5-14(12,13)10(8-16)3-6-13/h3,7,12H,1-2,4-6H2/t12-,13+,14-/m0/s1. The maximum atomic E-state index is 9.38. The number of nitrogens with zero attached hydrogens (tertiary/aromatic N) is 2. The second-order valence-electron chi connectivity index (χ2n) is 5.29. The predicted molar refractivity (Wildman–Crippen MR) is 68.1 cm³/mol. The Morgan fingerprint density at radius 1 is 1.18 bits per heavy atom. The SMILES string of the molecule is N#CC1=C[C@H](Br)[C@@]23CCCC[C@@]12CC=C3C#N. The van der Waals surface area contributed by atoms with Gasteiger partial charge < -0.3 is 0 Å². The first-order chi connectivity index (χ1) is 8.21. The molecule has 0 radical (unpaired) electrons. The Morgan fingerprint density at radius 2 is 1.88 bits per heavy atom. The molecule has 3 aliphatic carbocycles. The Kier molecular flexibility index (Phi) is 2.25. The van der Waals surface area contributed by atoms with Crippen molar-refractivity contribution < 1.29 is 0 Å². The lowest BCUT2D eigenvalue weighted by Crippen LogP contribution is -2.44. The molecule has 1 saturated carbocycles. The third-order valence-corrected chi connectivity index (χ3v) is 6.00. The minimum Gasteiger partial charge on any atom is -0.193 e. The van der Waals surface area contributed by atoms with E-state index in [1.165, 1.54) is 6.42 Å². The van der Waals surface area contributed by atoms with E-state index in [9.17, 15) is 10.5 Å². The van der Waals surface area contributed by atoms with E-state index in [4.69, 9.17) is 0 Å². The van der Waals surface area contributed by atoms with Crippen molar-refractivity contribution in [2.75, 3.05) is 0 Å². The zero-order valence-electron chi connectivity index (χ0n) is 9.54. The summed E-state index contributed by atoms with van der Waals surface area (Å²) in [7, 11) is 0. The van der Waals surface area contributed by atoms with E-state index in [0.29, 0.717) is 0 Å². The molecule has 0 aliphatic heterocycles. The normalized spacial score (nSPS) is 42.9. The van der Waals surface area contributed by atoms with Gasteiger partial charge in [-0.3, -0.25) is 0 Å². The van der Waals surface area contributed by atoms with Gasteiger partial charge in [0.05, 0.1) is 12.1 Å². The molecule has 0 unspecified atom stereocenters. The van der Waals surface area contributed by atoms with Crippen LogP contribution in [0, 0.1) is 33.5 Å². The minimum absolute atomic E-state index is 0.0702. The van der Waals surface area contributed by atoms with Crippen molar-refractivity contribution in [3.63, 3.8) is 0 Å². The summed E-state index contributed by atoms with van der Waals surface area (Å²) in [6, 6.07) is 4.77. The largest absolute Gasteiger partial charge is 0.193 e. The van der Waals surface area contributed by atoms with Gasteiger partial charge in [0, 0.05) is 26.8 Å². The van der Waals surface area contributed by atoms with Crippen LogP contribution in [-0.4, -0.2) is 4.83 Å². The average molecular weight is 289 g/mol. The zero-order chi connectivity index (χ0) is 12.1. The van der Waals surface area contributed by atoms with Gasteiger partial charge in [0.25, 0.3) is 0 Å². The lowest BCUT2D eigenvalue weighted by molar-refractivity contribution is 0.104. The van der Waals surface area contributed by atoms with Crippen LogP contribution in [-0.2, 0) is 0 Å². The first kappa shape index (κ1) is 11.1. The molecule has 3 atom stereocenters. The molecule has 0 aromatic carbocycles. The lowest BCUT2D eigenvalue weighted by atomic mass is 9.55. The Balaban J connectivity index is 2.21.